The van der Waals surface area contributed by atoms with Crippen LogP contribution in [-0.2, 0) is 26.2 Å². The Morgan fingerprint density at radius 3 is 2.18 bits per heavy atom. The Morgan fingerprint density at radius 2 is 1.58 bits per heavy atom. The van der Waals surface area contributed by atoms with Gasteiger partial charge in [-0.2, -0.15) is 0 Å². The third-order valence-corrected chi connectivity index (χ3v) is 7.81. The quantitative estimate of drug-likeness (QED) is 0.388. The first-order valence-electron chi connectivity index (χ1n) is 12.2. The molecule has 2 amide bonds. The number of carbonyl (C=O) groups excluding carboxylic acids is 2. The van der Waals surface area contributed by atoms with E-state index < -0.39 is 46.1 Å². The van der Waals surface area contributed by atoms with Crippen molar-refractivity contribution in [3.63, 3.8) is 0 Å². The van der Waals surface area contributed by atoms with Gasteiger partial charge in [0, 0.05) is 18.7 Å². The van der Waals surface area contributed by atoms with E-state index in [2.05, 4.69) is 5.32 Å². The van der Waals surface area contributed by atoms with Crippen LogP contribution in [0.4, 0.5) is 14.5 Å². The maximum absolute atomic E-state index is 14.5. The van der Waals surface area contributed by atoms with Gasteiger partial charge in [0.1, 0.15) is 24.2 Å². The maximum Gasteiger partial charge on any atom is 0.264 e. The van der Waals surface area contributed by atoms with Gasteiger partial charge in [0.05, 0.1) is 10.6 Å². The Kier molecular flexibility index (Phi) is 9.57. The first-order chi connectivity index (χ1) is 18.0. The topological polar surface area (TPSA) is 86.8 Å². The molecule has 38 heavy (non-hydrogen) atoms. The van der Waals surface area contributed by atoms with Gasteiger partial charge in [-0.05, 0) is 62.7 Å². The normalized spacial score (nSPS) is 12.0. The zero-order chi connectivity index (χ0) is 27.9. The Morgan fingerprint density at radius 1 is 0.947 bits per heavy atom. The molecule has 0 aliphatic heterocycles. The smallest absolute Gasteiger partial charge is 0.264 e. The molecule has 0 unspecified atom stereocenters. The van der Waals surface area contributed by atoms with Crippen molar-refractivity contribution in [2.24, 2.45) is 0 Å². The molecule has 0 aliphatic carbocycles. The van der Waals surface area contributed by atoms with Crippen LogP contribution in [0.2, 0.25) is 0 Å². The Labute approximate surface area is 222 Å². The zero-order valence-corrected chi connectivity index (χ0v) is 22.3. The van der Waals surface area contributed by atoms with Crippen LogP contribution >= 0.6 is 0 Å². The number of nitrogens with one attached hydrogen (secondary N) is 1. The summed E-state index contributed by atoms with van der Waals surface area (Å²) in [6.07, 6.45) is 0.677. The summed E-state index contributed by atoms with van der Waals surface area (Å²) in [6.45, 7) is 4.70. The molecule has 1 N–H and O–H groups in total. The second-order valence-electron chi connectivity index (χ2n) is 8.88. The van der Waals surface area contributed by atoms with Crippen molar-refractivity contribution in [2.45, 2.75) is 44.7 Å². The number of nitrogens with zero attached hydrogens (tertiary/aromatic N) is 2. The van der Waals surface area contributed by atoms with Gasteiger partial charge in [0.2, 0.25) is 11.8 Å². The fraction of sp³-hybridized carbons (Fsp3) is 0.286. The minimum absolute atomic E-state index is 0.180. The molecule has 3 aromatic rings. The number of aryl methyl sites for hydroxylation is 1. The van der Waals surface area contributed by atoms with E-state index in [4.69, 9.17) is 0 Å². The fourth-order valence-corrected chi connectivity index (χ4v) is 5.18. The molecule has 1 atom stereocenters. The lowest BCUT2D eigenvalue weighted by molar-refractivity contribution is -0.139. The number of halogens is 2. The number of sulfonamides is 1. The number of benzene rings is 3. The van der Waals surface area contributed by atoms with Gasteiger partial charge in [-0.3, -0.25) is 13.9 Å². The average Bonchev–Trinajstić information content (AvgIpc) is 2.90. The van der Waals surface area contributed by atoms with Crippen LogP contribution in [-0.4, -0.2) is 44.3 Å². The summed E-state index contributed by atoms with van der Waals surface area (Å²) < 4.78 is 56.2. The number of hydrogen-bond acceptors (Lipinski definition) is 4. The van der Waals surface area contributed by atoms with E-state index >= 15 is 0 Å². The largest absolute Gasteiger partial charge is 0.354 e. The SMILES string of the molecule is CCCNC(=O)[C@@H](C)N(Cc1ccccc1F)C(=O)CN(c1ccc(C)cc1)S(=O)(=O)c1ccc(F)cc1. The summed E-state index contributed by atoms with van der Waals surface area (Å²) in [6, 6.07) is 15.7. The summed E-state index contributed by atoms with van der Waals surface area (Å²) in [4.78, 5) is 27.5. The van der Waals surface area contributed by atoms with Crippen LogP contribution in [0.5, 0.6) is 0 Å². The zero-order valence-electron chi connectivity index (χ0n) is 21.5. The molecule has 0 saturated heterocycles. The number of carbonyl (C=O) groups is 2. The van der Waals surface area contributed by atoms with E-state index in [0.717, 1.165) is 39.0 Å². The Balaban J connectivity index is 2.02. The molecule has 10 heteroatoms. The van der Waals surface area contributed by atoms with Crippen molar-refractivity contribution in [1.29, 1.82) is 0 Å². The summed E-state index contributed by atoms with van der Waals surface area (Å²) in [5.74, 6) is -2.32. The molecular formula is C28H31F2N3O4S. The van der Waals surface area contributed by atoms with E-state index in [0.29, 0.717) is 13.0 Å². The lowest BCUT2D eigenvalue weighted by Crippen LogP contribution is -2.51. The Hall–Kier alpha value is -3.79. The second-order valence-corrected chi connectivity index (χ2v) is 10.7. The molecule has 3 rings (SSSR count). The molecule has 0 bridgehead atoms. The van der Waals surface area contributed by atoms with E-state index in [-0.39, 0.29) is 22.7 Å². The summed E-state index contributed by atoms with van der Waals surface area (Å²) in [7, 11) is -4.31. The van der Waals surface area contributed by atoms with E-state index in [1.165, 1.54) is 25.1 Å². The highest BCUT2D eigenvalue weighted by Crippen LogP contribution is 2.25. The molecule has 0 spiro atoms. The molecule has 0 saturated carbocycles. The highest BCUT2D eigenvalue weighted by molar-refractivity contribution is 7.92. The molecule has 7 nitrogen and oxygen atoms in total. The van der Waals surface area contributed by atoms with Crippen LogP contribution in [0, 0.1) is 18.6 Å². The maximum atomic E-state index is 14.5. The molecule has 0 aromatic heterocycles. The third kappa shape index (κ3) is 6.95. The Bertz CT molecular complexity index is 1360. The molecule has 0 heterocycles. The number of amides is 2. The minimum Gasteiger partial charge on any atom is -0.354 e. The average molecular weight is 544 g/mol. The predicted molar refractivity (Wildman–Crippen MR) is 142 cm³/mol. The van der Waals surface area contributed by atoms with Crippen molar-refractivity contribution >= 4 is 27.5 Å². The second kappa shape index (κ2) is 12.6. The lowest BCUT2D eigenvalue weighted by Gasteiger charge is -2.32. The van der Waals surface area contributed by atoms with Gasteiger partial charge in [0.15, 0.2) is 0 Å². The highest BCUT2D eigenvalue weighted by atomic mass is 32.2. The van der Waals surface area contributed by atoms with Crippen molar-refractivity contribution < 1.29 is 26.8 Å². The molecule has 202 valence electrons. The first-order valence-corrected chi connectivity index (χ1v) is 13.6. The third-order valence-electron chi connectivity index (χ3n) is 6.02. The summed E-state index contributed by atoms with van der Waals surface area (Å²) >= 11 is 0. The lowest BCUT2D eigenvalue weighted by atomic mass is 10.1. The number of hydrogen-bond donors (Lipinski definition) is 1. The van der Waals surface area contributed by atoms with Crippen molar-refractivity contribution in [2.75, 3.05) is 17.4 Å². The van der Waals surface area contributed by atoms with Crippen LogP contribution < -0.4 is 9.62 Å². The van der Waals surface area contributed by atoms with E-state index in [9.17, 15) is 26.8 Å². The molecule has 3 aromatic carbocycles. The van der Waals surface area contributed by atoms with Gasteiger partial charge in [-0.25, -0.2) is 17.2 Å². The van der Waals surface area contributed by atoms with E-state index in [1.54, 1.807) is 30.3 Å². The summed E-state index contributed by atoms with van der Waals surface area (Å²) in [5.41, 5.74) is 1.27. The van der Waals surface area contributed by atoms with Gasteiger partial charge in [-0.1, -0.05) is 42.8 Å². The number of rotatable bonds is 11. The van der Waals surface area contributed by atoms with Crippen LogP contribution in [0.1, 0.15) is 31.4 Å². The van der Waals surface area contributed by atoms with Gasteiger partial charge >= 0.3 is 0 Å². The monoisotopic (exact) mass is 543 g/mol. The van der Waals surface area contributed by atoms with Crippen LogP contribution in [0.15, 0.2) is 77.7 Å². The van der Waals surface area contributed by atoms with Crippen molar-refractivity contribution in [3.8, 4) is 0 Å². The number of anilines is 1. The van der Waals surface area contributed by atoms with E-state index in [1.807, 2.05) is 13.8 Å². The molecule has 0 fully saturated rings. The highest BCUT2D eigenvalue weighted by Gasteiger charge is 2.32. The van der Waals surface area contributed by atoms with Gasteiger partial charge in [0.25, 0.3) is 10.0 Å². The molecule has 0 radical (unpaired) electrons. The summed E-state index contributed by atoms with van der Waals surface area (Å²) in [5, 5.41) is 2.73. The fourth-order valence-electron chi connectivity index (χ4n) is 3.76. The predicted octanol–water partition coefficient (Wildman–Crippen LogP) is 4.41. The minimum atomic E-state index is -4.31. The van der Waals surface area contributed by atoms with Crippen LogP contribution in [0.3, 0.4) is 0 Å². The standard InChI is InChI=1S/C28H31F2N3O4S/c1-4-17-31-28(35)21(3)32(18-22-7-5-6-8-26(22)30)27(34)19-33(24-13-9-20(2)10-14-24)38(36,37)25-15-11-23(29)12-16-25/h5-16,21H,4,17-19H2,1-3H3,(H,31,35)/t21-/m1/s1. The van der Waals surface area contributed by atoms with Crippen LogP contribution in [0.25, 0.3) is 0 Å². The van der Waals surface area contributed by atoms with Crippen molar-refractivity contribution in [3.05, 3.63) is 95.6 Å². The molecular weight excluding hydrogens is 512 g/mol. The first kappa shape index (κ1) is 28.8. The van der Waals surface area contributed by atoms with Gasteiger partial charge < -0.3 is 10.2 Å². The van der Waals surface area contributed by atoms with Gasteiger partial charge in [-0.15, -0.1) is 0 Å². The molecule has 0 aliphatic rings. The van der Waals surface area contributed by atoms with Crippen molar-refractivity contribution in [1.82, 2.24) is 10.2 Å².